The van der Waals surface area contributed by atoms with E-state index in [4.69, 9.17) is 10.00 Å². The van der Waals surface area contributed by atoms with E-state index in [9.17, 15) is 13.6 Å². The first-order valence-electron chi connectivity index (χ1n) is 5.74. The molecule has 4 nitrogen and oxygen atoms in total. The number of halogens is 3. The first kappa shape index (κ1) is 16.4. The van der Waals surface area contributed by atoms with Gasteiger partial charge in [-0.3, -0.25) is 4.79 Å². The van der Waals surface area contributed by atoms with E-state index in [1.807, 2.05) is 6.07 Å². The summed E-state index contributed by atoms with van der Waals surface area (Å²) in [5.74, 6) is -0.562. The van der Waals surface area contributed by atoms with Crippen LogP contribution in [0.15, 0.2) is 12.1 Å². The average Bonchev–Trinajstić information content (AvgIpc) is 2.39. The van der Waals surface area contributed by atoms with E-state index in [2.05, 4.69) is 20.7 Å². The number of alkyl halides is 3. The van der Waals surface area contributed by atoms with Gasteiger partial charge in [-0.2, -0.15) is 14.0 Å². The first-order chi connectivity index (χ1) is 9.53. The summed E-state index contributed by atoms with van der Waals surface area (Å²) in [6, 6.07) is 4.65. The molecular weight excluding hydrogens is 336 g/mol. The van der Waals surface area contributed by atoms with Crippen molar-refractivity contribution in [3.05, 3.63) is 28.8 Å². The Hall–Kier alpha value is -1.68. The van der Waals surface area contributed by atoms with Crippen LogP contribution >= 0.6 is 15.9 Å². The molecule has 0 spiro atoms. The van der Waals surface area contributed by atoms with Crippen LogP contribution < -0.4 is 4.74 Å². The van der Waals surface area contributed by atoms with Gasteiger partial charge in [0.15, 0.2) is 0 Å². The van der Waals surface area contributed by atoms with Crippen molar-refractivity contribution in [1.82, 2.24) is 0 Å². The number of benzene rings is 1. The van der Waals surface area contributed by atoms with Crippen LogP contribution in [-0.4, -0.2) is 19.2 Å². The smallest absolute Gasteiger partial charge is 0.387 e. The molecule has 0 amide bonds. The van der Waals surface area contributed by atoms with Crippen LogP contribution in [0.25, 0.3) is 0 Å². The predicted octanol–water partition coefficient (Wildman–Crippen LogP) is 3.16. The fourth-order valence-electron chi connectivity index (χ4n) is 1.67. The largest absolute Gasteiger partial charge is 0.466 e. The molecule has 0 aliphatic rings. The number of ether oxygens (including phenoxy) is 2. The minimum atomic E-state index is -2.98. The van der Waals surface area contributed by atoms with Gasteiger partial charge < -0.3 is 9.47 Å². The zero-order valence-electron chi connectivity index (χ0n) is 10.7. The van der Waals surface area contributed by atoms with Gasteiger partial charge >= 0.3 is 12.6 Å². The summed E-state index contributed by atoms with van der Waals surface area (Å²) in [6.07, 6.45) is -0.0916. The number of nitriles is 1. The number of carbonyl (C=O) groups is 1. The van der Waals surface area contributed by atoms with Gasteiger partial charge in [0.1, 0.15) is 5.75 Å². The van der Waals surface area contributed by atoms with Crippen molar-refractivity contribution in [3.8, 4) is 11.8 Å². The van der Waals surface area contributed by atoms with Gasteiger partial charge in [0.2, 0.25) is 0 Å². The maximum absolute atomic E-state index is 12.3. The lowest BCUT2D eigenvalue weighted by Gasteiger charge is -2.13. The lowest BCUT2D eigenvalue weighted by molar-refractivity contribution is -0.142. The van der Waals surface area contributed by atoms with Crippen molar-refractivity contribution in [3.63, 3.8) is 0 Å². The maximum atomic E-state index is 12.3. The molecule has 1 rings (SSSR count). The Balaban J connectivity index is 3.15. The van der Waals surface area contributed by atoms with Gasteiger partial charge in [-0.15, -0.1) is 0 Å². The lowest BCUT2D eigenvalue weighted by atomic mass is 9.99. The molecule has 0 heterocycles. The minimum Gasteiger partial charge on any atom is -0.466 e. The van der Waals surface area contributed by atoms with E-state index in [1.165, 1.54) is 12.1 Å². The number of carbonyl (C=O) groups excluding carboxylic acids is 1. The molecule has 0 saturated heterocycles. The Labute approximate surface area is 123 Å². The number of esters is 1. The summed E-state index contributed by atoms with van der Waals surface area (Å²) >= 11 is 3.13. The molecule has 0 unspecified atom stereocenters. The van der Waals surface area contributed by atoms with Crippen LogP contribution in [0, 0.1) is 11.3 Å². The Kier molecular flexibility index (Phi) is 6.39. The topological polar surface area (TPSA) is 59.3 Å². The summed E-state index contributed by atoms with van der Waals surface area (Å²) < 4.78 is 33.7. The number of rotatable bonds is 6. The van der Waals surface area contributed by atoms with E-state index in [1.54, 1.807) is 6.92 Å². The number of hydrogen-bond acceptors (Lipinski definition) is 4. The third-order valence-corrected chi connectivity index (χ3v) is 3.02. The molecule has 0 aliphatic carbocycles. The van der Waals surface area contributed by atoms with Crippen LogP contribution in [0.3, 0.4) is 0 Å². The monoisotopic (exact) mass is 347 g/mol. The van der Waals surface area contributed by atoms with Crippen LogP contribution in [-0.2, 0) is 21.3 Å². The second-order valence-corrected chi connectivity index (χ2v) is 4.24. The molecule has 0 aromatic heterocycles. The Morgan fingerprint density at radius 2 is 2.20 bits per heavy atom. The molecular formula is C13H12BrF2NO3. The third-order valence-electron chi connectivity index (χ3n) is 2.46. The predicted molar refractivity (Wildman–Crippen MR) is 70.8 cm³/mol. The average molecular weight is 348 g/mol. The minimum absolute atomic E-state index is 0.0824. The van der Waals surface area contributed by atoms with Gasteiger partial charge in [-0.05, 0) is 18.6 Å². The maximum Gasteiger partial charge on any atom is 0.387 e. The summed E-state index contributed by atoms with van der Waals surface area (Å²) in [4.78, 5) is 11.4. The highest BCUT2D eigenvalue weighted by Crippen LogP contribution is 2.29. The quantitative estimate of drug-likeness (QED) is 0.585. The SMILES string of the molecule is CCOC(=O)Cc1ccc(OC(F)F)c(CBr)c1C#N. The van der Waals surface area contributed by atoms with Gasteiger partial charge in [-0.25, -0.2) is 0 Å². The molecule has 1 aromatic carbocycles. The van der Waals surface area contributed by atoms with Crippen LogP contribution in [0.5, 0.6) is 5.75 Å². The Morgan fingerprint density at radius 3 is 2.70 bits per heavy atom. The molecule has 0 aliphatic heterocycles. The summed E-state index contributed by atoms with van der Waals surface area (Å²) in [7, 11) is 0. The van der Waals surface area contributed by atoms with Crippen LogP contribution in [0.1, 0.15) is 23.6 Å². The van der Waals surface area contributed by atoms with E-state index in [0.29, 0.717) is 5.56 Å². The second kappa shape index (κ2) is 7.80. The normalized spacial score (nSPS) is 10.2. The zero-order chi connectivity index (χ0) is 15.1. The fraction of sp³-hybridized carbons (Fsp3) is 0.385. The van der Waals surface area contributed by atoms with Gasteiger partial charge in [0.05, 0.1) is 24.7 Å². The Bertz CT molecular complexity index is 529. The zero-order valence-corrected chi connectivity index (χ0v) is 12.2. The lowest BCUT2D eigenvalue weighted by Crippen LogP contribution is -2.11. The number of nitrogens with zero attached hydrogens (tertiary/aromatic N) is 1. The molecule has 0 saturated carbocycles. The Morgan fingerprint density at radius 1 is 1.50 bits per heavy atom. The molecule has 0 atom stereocenters. The highest BCUT2D eigenvalue weighted by Gasteiger charge is 2.18. The van der Waals surface area contributed by atoms with E-state index >= 15 is 0 Å². The van der Waals surface area contributed by atoms with Gasteiger partial charge in [-0.1, -0.05) is 22.0 Å². The van der Waals surface area contributed by atoms with Crippen molar-refractivity contribution in [1.29, 1.82) is 5.26 Å². The van der Waals surface area contributed by atoms with Crippen molar-refractivity contribution in [2.24, 2.45) is 0 Å². The second-order valence-electron chi connectivity index (χ2n) is 3.68. The van der Waals surface area contributed by atoms with Crippen molar-refractivity contribution >= 4 is 21.9 Å². The van der Waals surface area contributed by atoms with E-state index in [0.717, 1.165) is 0 Å². The molecule has 7 heteroatoms. The van der Waals surface area contributed by atoms with Crippen molar-refractivity contribution in [2.75, 3.05) is 6.61 Å². The molecule has 0 bridgehead atoms. The molecule has 0 radical (unpaired) electrons. The fourth-order valence-corrected chi connectivity index (χ4v) is 2.23. The first-order valence-corrected chi connectivity index (χ1v) is 6.86. The van der Waals surface area contributed by atoms with E-state index in [-0.39, 0.29) is 35.2 Å². The van der Waals surface area contributed by atoms with Gasteiger partial charge in [0, 0.05) is 10.9 Å². The van der Waals surface area contributed by atoms with Crippen LogP contribution in [0.4, 0.5) is 8.78 Å². The highest BCUT2D eigenvalue weighted by molar-refractivity contribution is 9.08. The summed E-state index contributed by atoms with van der Waals surface area (Å²) in [5, 5.41) is 9.33. The van der Waals surface area contributed by atoms with Crippen molar-refractivity contribution in [2.45, 2.75) is 25.3 Å². The molecule has 0 fully saturated rings. The van der Waals surface area contributed by atoms with Gasteiger partial charge in [0.25, 0.3) is 0 Å². The summed E-state index contributed by atoms with van der Waals surface area (Å²) in [6.45, 7) is -1.07. The number of hydrogen-bond donors (Lipinski definition) is 0. The van der Waals surface area contributed by atoms with E-state index < -0.39 is 12.6 Å². The molecule has 108 valence electrons. The van der Waals surface area contributed by atoms with Crippen LogP contribution in [0.2, 0.25) is 0 Å². The van der Waals surface area contributed by atoms with Crippen molar-refractivity contribution < 1.29 is 23.0 Å². The standard InChI is InChI=1S/C13H12BrF2NO3/c1-2-19-12(18)5-8-3-4-11(20-13(15)16)9(6-14)10(8)7-17/h3-4,13H,2,5-6H2,1H3. The highest BCUT2D eigenvalue weighted by atomic mass is 79.9. The third kappa shape index (κ3) is 4.17. The molecule has 20 heavy (non-hydrogen) atoms. The molecule has 0 N–H and O–H groups in total. The molecule has 1 aromatic rings. The summed E-state index contributed by atoms with van der Waals surface area (Å²) in [5.41, 5.74) is 0.852.